The summed E-state index contributed by atoms with van der Waals surface area (Å²) in [5, 5.41) is 14.0. The van der Waals surface area contributed by atoms with Crippen LogP contribution in [0.15, 0.2) is 23.7 Å². The summed E-state index contributed by atoms with van der Waals surface area (Å²) in [6.07, 6.45) is 4.66. The fourth-order valence-corrected chi connectivity index (χ4v) is 2.87. The Morgan fingerprint density at radius 3 is 3.15 bits per heavy atom. The molecule has 2 heterocycles. The highest BCUT2D eigenvalue weighted by molar-refractivity contribution is 7.09. The van der Waals surface area contributed by atoms with E-state index < -0.39 is 0 Å². The molecule has 2 aromatic heterocycles. The first-order chi connectivity index (χ1) is 9.79. The van der Waals surface area contributed by atoms with Gasteiger partial charge in [0.05, 0.1) is 12.2 Å². The number of thiophene rings is 1. The topological polar surface area (TPSA) is 46.0 Å². The summed E-state index contributed by atoms with van der Waals surface area (Å²) in [4.78, 5) is 3.72. The summed E-state index contributed by atoms with van der Waals surface area (Å²) in [6, 6.07) is 5.00. The third kappa shape index (κ3) is 4.13. The van der Waals surface area contributed by atoms with E-state index in [9.17, 15) is 0 Å². The zero-order valence-electron chi connectivity index (χ0n) is 11.8. The van der Waals surface area contributed by atoms with E-state index >= 15 is 0 Å². The molecule has 5 nitrogen and oxygen atoms in total. The van der Waals surface area contributed by atoms with E-state index in [4.69, 9.17) is 0 Å². The van der Waals surface area contributed by atoms with Crippen LogP contribution in [0, 0.1) is 0 Å². The summed E-state index contributed by atoms with van der Waals surface area (Å²) in [6.45, 7) is 3.72. The van der Waals surface area contributed by atoms with E-state index in [0.29, 0.717) is 0 Å². The van der Waals surface area contributed by atoms with Gasteiger partial charge in [0, 0.05) is 36.8 Å². The second kappa shape index (κ2) is 6.47. The maximum atomic E-state index is 4.20. The van der Waals surface area contributed by atoms with E-state index in [-0.39, 0.29) is 0 Å². The lowest BCUT2D eigenvalue weighted by molar-refractivity contribution is 0.306. The molecule has 108 valence electrons. The number of aromatic nitrogens is 3. The van der Waals surface area contributed by atoms with Gasteiger partial charge in [-0.2, -0.15) is 0 Å². The Labute approximate surface area is 123 Å². The van der Waals surface area contributed by atoms with Crippen molar-refractivity contribution in [2.24, 2.45) is 0 Å². The predicted octanol–water partition coefficient (Wildman–Crippen LogP) is 1.72. The van der Waals surface area contributed by atoms with E-state index in [0.717, 1.165) is 37.9 Å². The van der Waals surface area contributed by atoms with Gasteiger partial charge in [-0.25, -0.2) is 0 Å². The lowest BCUT2D eigenvalue weighted by Crippen LogP contribution is -2.22. The van der Waals surface area contributed by atoms with Crippen LogP contribution in [-0.2, 0) is 19.6 Å². The van der Waals surface area contributed by atoms with Crippen LogP contribution in [0.25, 0.3) is 0 Å². The van der Waals surface area contributed by atoms with Gasteiger partial charge in [-0.3, -0.25) is 9.58 Å². The monoisotopic (exact) mass is 291 g/mol. The summed E-state index contributed by atoms with van der Waals surface area (Å²) in [7, 11) is 2.15. The second-order valence-corrected chi connectivity index (χ2v) is 6.48. The Kier molecular flexibility index (Phi) is 4.44. The number of nitrogens with one attached hydrogen (secondary N) is 1. The first-order valence-corrected chi connectivity index (χ1v) is 8.01. The first kappa shape index (κ1) is 13.7. The molecule has 0 atom stereocenters. The normalized spacial score (nSPS) is 15.1. The quantitative estimate of drug-likeness (QED) is 0.804. The molecule has 1 aliphatic carbocycles. The van der Waals surface area contributed by atoms with E-state index in [1.807, 2.05) is 22.2 Å². The molecule has 0 saturated heterocycles. The van der Waals surface area contributed by atoms with Crippen LogP contribution in [-0.4, -0.2) is 39.5 Å². The molecule has 0 radical (unpaired) electrons. The van der Waals surface area contributed by atoms with Crippen molar-refractivity contribution in [3.8, 4) is 0 Å². The molecule has 0 amide bonds. The fraction of sp³-hybridized carbons (Fsp3) is 0.571. The number of nitrogens with zero attached hydrogens (tertiary/aromatic N) is 4. The largest absolute Gasteiger partial charge is 0.308 e. The molecule has 3 rings (SSSR count). The minimum absolute atomic E-state index is 0.720. The smallest absolute Gasteiger partial charge is 0.0964 e. The number of rotatable bonds is 8. The van der Waals surface area contributed by atoms with Gasteiger partial charge in [-0.1, -0.05) is 11.3 Å². The molecule has 0 spiro atoms. The van der Waals surface area contributed by atoms with Gasteiger partial charge >= 0.3 is 0 Å². The molecule has 1 saturated carbocycles. The van der Waals surface area contributed by atoms with Crippen LogP contribution in [0.1, 0.15) is 23.4 Å². The average molecular weight is 291 g/mol. The lowest BCUT2D eigenvalue weighted by atomic mass is 10.4. The average Bonchev–Trinajstić information content (AvgIpc) is 2.94. The summed E-state index contributed by atoms with van der Waals surface area (Å²) in [5.74, 6) is 0. The van der Waals surface area contributed by atoms with Gasteiger partial charge in [0.15, 0.2) is 0 Å². The summed E-state index contributed by atoms with van der Waals surface area (Å²) in [5.41, 5.74) is 1.04. The Balaban J connectivity index is 1.40. The zero-order valence-corrected chi connectivity index (χ0v) is 12.6. The highest BCUT2D eigenvalue weighted by Crippen LogP contribution is 2.18. The van der Waals surface area contributed by atoms with Gasteiger partial charge in [-0.15, -0.1) is 16.4 Å². The molecule has 1 N–H and O–H groups in total. The fourth-order valence-electron chi connectivity index (χ4n) is 2.09. The maximum Gasteiger partial charge on any atom is 0.0964 e. The van der Waals surface area contributed by atoms with Gasteiger partial charge in [-0.05, 0) is 31.3 Å². The van der Waals surface area contributed by atoms with Crippen molar-refractivity contribution in [1.29, 1.82) is 0 Å². The highest BCUT2D eigenvalue weighted by atomic mass is 32.1. The number of hydrogen-bond acceptors (Lipinski definition) is 5. The molecular formula is C14H21N5S. The van der Waals surface area contributed by atoms with Crippen molar-refractivity contribution in [3.63, 3.8) is 0 Å². The maximum absolute atomic E-state index is 4.20. The molecule has 0 unspecified atom stereocenters. The summed E-state index contributed by atoms with van der Waals surface area (Å²) >= 11 is 1.81. The van der Waals surface area contributed by atoms with Gasteiger partial charge in [0.25, 0.3) is 0 Å². The first-order valence-electron chi connectivity index (χ1n) is 7.13. The van der Waals surface area contributed by atoms with Crippen LogP contribution < -0.4 is 5.32 Å². The zero-order chi connectivity index (χ0) is 13.8. The Morgan fingerprint density at radius 2 is 2.40 bits per heavy atom. The molecule has 1 fully saturated rings. The van der Waals surface area contributed by atoms with E-state index in [1.54, 1.807) is 0 Å². The van der Waals surface area contributed by atoms with Crippen LogP contribution in [0.4, 0.5) is 0 Å². The van der Waals surface area contributed by atoms with Crippen molar-refractivity contribution in [3.05, 3.63) is 34.3 Å². The molecule has 6 heteroatoms. The molecule has 20 heavy (non-hydrogen) atoms. The molecule has 1 aliphatic rings. The van der Waals surface area contributed by atoms with Crippen molar-refractivity contribution in [1.82, 2.24) is 25.2 Å². The predicted molar refractivity (Wildman–Crippen MR) is 80.5 cm³/mol. The third-order valence-electron chi connectivity index (χ3n) is 3.45. The van der Waals surface area contributed by atoms with Crippen LogP contribution in [0.5, 0.6) is 0 Å². The van der Waals surface area contributed by atoms with E-state index in [2.05, 4.69) is 45.1 Å². The minimum atomic E-state index is 0.720. The standard InChI is InChI=1S/C14H21N5S/c1-18(11-14-3-2-8-20-14)6-7-19-10-13(16-17-19)9-15-12-4-5-12/h2-3,8,10,12,15H,4-7,9,11H2,1H3. The molecule has 0 aliphatic heterocycles. The number of likely N-dealkylation sites (N-methyl/N-ethyl adjacent to an activating group) is 1. The van der Waals surface area contributed by atoms with Gasteiger partial charge in [0.2, 0.25) is 0 Å². The number of hydrogen-bond donors (Lipinski definition) is 1. The highest BCUT2D eigenvalue weighted by Gasteiger charge is 2.20. The van der Waals surface area contributed by atoms with Crippen LogP contribution in [0.3, 0.4) is 0 Å². The Bertz CT molecular complexity index is 517. The SMILES string of the molecule is CN(CCn1cc(CNC2CC2)nn1)Cc1cccs1. The van der Waals surface area contributed by atoms with Crippen molar-refractivity contribution < 1.29 is 0 Å². The Hall–Kier alpha value is -1.24. The minimum Gasteiger partial charge on any atom is -0.308 e. The van der Waals surface area contributed by atoms with Crippen molar-refractivity contribution in [2.45, 2.75) is 38.5 Å². The van der Waals surface area contributed by atoms with Crippen LogP contribution >= 0.6 is 11.3 Å². The van der Waals surface area contributed by atoms with Gasteiger partial charge in [0.1, 0.15) is 0 Å². The second-order valence-electron chi connectivity index (χ2n) is 5.45. The van der Waals surface area contributed by atoms with E-state index in [1.165, 1.54) is 17.7 Å². The van der Waals surface area contributed by atoms with Crippen molar-refractivity contribution >= 4 is 11.3 Å². The molecule has 2 aromatic rings. The summed E-state index contributed by atoms with van der Waals surface area (Å²) < 4.78 is 1.94. The molecular weight excluding hydrogens is 270 g/mol. The lowest BCUT2D eigenvalue weighted by Gasteiger charge is -2.14. The van der Waals surface area contributed by atoms with Crippen molar-refractivity contribution in [2.75, 3.05) is 13.6 Å². The molecule has 0 aromatic carbocycles. The van der Waals surface area contributed by atoms with Crippen LogP contribution in [0.2, 0.25) is 0 Å². The Morgan fingerprint density at radius 1 is 1.50 bits per heavy atom. The third-order valence-corrected chi connectivity index (χ3v) is 4.31. The van der Waals surface area contributed by atoms with Gasteiger partial charge < -0.3 is 5.32 Å². The molecule has 0 bridgehead atoms.